The molecule has 3 heterocycles. The zero-order chi connectivity index (χ0) is 30.2. The Balaban J connectivity index is 1.34. The summed E-state index contributed by atoms with van der Waals surface area (Å²) in [5.74, 6) is 0. The van der Waals surface area contributed by atoms with Gasteiger partial charge in [0.15, 0.2) is 17.6 Å². The number of hydrogen-bond acceptors (Lipinski definition) is 1. The number of fused-ring (bicyclic) bond motifs is 2. The van der Waals surface area contributed by atoms with E-state index in [1.165, 1.54) is 45.1 Å². The molecular formula is C38H45N4+3. The standard InChI is InChI=1S/C38H44N4/c1-27(19-24-35-37(2,3)29-14-10-12-16-32(29)41(35)8)18-22-31(39-6)34-23-20-28(26-40(34)7)21-25-36-38(4,5)30-15-11-13-17-33(30)42(36)9/h10-26H,1-9H3/q+2/p+1/b25-21+. The van der Waals surface area contributed by atoms with Gasteiger partial charge in [0.05, 0.1) is 10.8 Å². The van der Waals surface area contributed by atoms with Gasteiger partial charge in [-0.05, 0) is 52.8 Å². The summed E-state index contributed by atoms with van der Waals surface area (Å²) in [7, 11) is 8.41. The number of pyridine rings is 1. The van der Waals surface area contributed by atoms with E-state index in [-0.39, 0.29) is 10.8 Å². The van der Waals surface area contributed by atoms with Crippen LogP contribution in [0.1, 0.15) is 57.0 Å². The van der Waals surface area contributed by atoms with Gasteiger partial charge in [0.1, 0.15) is 26.8 Å². The van der Waals surface area contributed by atoms with Crippen LogP contribution in [0.5, 0.6) is 0 Å². The number of rotatable bonds is 7. The van der Waals surface area contributed by atoms with Crippen LogP contribution in [0, 0.1) is 0 Å². The molecule has 42 heavy (non-hydrogen) atoms. The normalized spacial score (nSPS) is 17.9. The number of para-hydroxylation sites is 2. The number of benzene rings is 2. The lowest BCUT2D eigenvalue weighted by molar-refractivity contribution is -0.674. The van der Waals surface area contributed by atoms with Crippen molar-refractivity contribution in [2.75, 3.05) is 21.1 Å². The molecule has 0 saturated heterocycles. The smallest absolute Gasteiger partial charge is 0.228 e. The van der Waals surface area contributed by atoms with Crippen molar-refractivity contribution in [1.29, 1.82) is 0 Å². The maximum atomic E-state index is 3.40. The Labute approximate surface area is 252 Å². The van der Waals surface area contributed by atoms with Gasteiger partial charge < -0.3 is 5.32 Å². The fourth-order valence-corrected chi connectivity index (χ4v) is 6.56. The van der Waals surface area contributed by atoms with E-state index in [0.29, 0.717) is 0 Å². The van der Waals surface area contributed by atoms with Crippen LogP contribution in [0.25, 0.3) is 11.8 Å². The number of aromatic nitrogens is 1. The summed E-state index contributed by atoms with van der Waals surface area (Å²) in [6, 6.07) is 21.8. The highest BCUT2D eigenvalue weighted by Gasteiger charge is 2.43. The molecule has 1 aromatic heterocycles. The minimum absolute atomic E-state index is 0.0243. The Morgan fingerprint density at radius 2 is 1.24 bits per heavy atom. The second kappa shape index (κ2) is 11.2. The van der Waals surface area contributed by atoms with E-state index in [1.54, 1.807) is 0 Å². The Bertz CT molecular complexity index is 1740. The molecule has 2 aromatic carbocycles. The highest BCUT2D eigenvalue weighted by molar-refractivity contribution is 6.05. The molecule has 0 spiro atoms. The van der Waals surface area contributed by atoms with E-state index in [2.05, 4.69) is 178 Å². The highest BCUT2D eigenvalue weighted by Crippen LogP contribution is 2.40. The molecule has 0 radical (unpaired) electrons. The third-order valence-corrected chi connectivity index (χ3v) is 9.03. The molecule has 3 aromatic rings. The quantitative estimate of drug-likeness (QED) is 0.245. The lowest BCUT2D eigenvalue weighted by Crippen LogP contribution is -2.35. The fourth-order valence-electron chi connectivity index (χ4n) is 6.56. The van der Waals surface area contributed by atoms with Gasteiger partial charge in [-0.15, -0.1) is 0 Å². The monoisotopic (exact) mass is 557 g/mol. The fraction of sp³-hybridized carbons (Fsp3) is 0.289. The SMILES string of the molecule is CN\C(=C/C=C(C)/C=C/C1=[N+](C)c2ccccc2C1(C)C)c1ccc(/C=C/C2=[N+](C)c3ccccc3C2(C)C)c[n+]1C. The van der Waals surface area contributed by atoms with Crippen molar-refractivity contribution in [1.82, 2.24) is 5.32 Å². The van der Waals surface area contributed by atoms with E-state index < -0.39 is 0 Å². The minimum atomic E-state index is -0.0317. The topological polar surface area (TPSA) is 21.9 Å². The number of nitrogens with one attached hydrogen (secondary N) is 1. The van der Waals surface area contributed by atoms with Crippen LogP contribution >= 0.6 is 0 Å². The van der Waals surface area contributed by atoms with Gasteiger partial charge in [-0.2, -0.15) is 13.7 Å². The molecule has 5 rings (SSSR count). The van der Waals surface area contributed by atoms with Gasteiger partial charge in [-0.1, -0.05) is 54.1 Å². The van der Waals surface area contributed by atoms with E-state index in [0.717, 1.165) is 11.4 Å². The Kier molecular flexibility index (Phi) is 7.76. The summed E-state index contributed by atoms with van der Waals surface area (Å²) in [4.78, 5) is 0. The van der Waals surface area contributed by atoms with Crippen LogP contribution in [0.4, 0.5) is 11.4 Å². The van der Waals surface area contributed by atoms with Crippen LogP contribution in [0.3, 0.4) is 0 Å². The zero-order valence-electron chi connectivity index (χ0n) is 26.7. The molecule has 0 aliphatic carbocycles. The molecule has 0 unspecified atom stereocenters. The second-order valence-electron chi connectivity index (χ2n) is 12.5. The molecule has 2 aliphatic heterocycles. The third-order valence-electron chi connectivity index (χ3n) is 9.03. The summed E-state index contributed by atoms with van der Waals surface area (Å²) < 4.78 is 6.81. The first-order valence-corrected chi connectivity index (χ1v) is 14.8. The first-order chi connectivity index (χ1) is 20.0. The number of hydrogen-bond donors (Lipinski definition) is 1. The first-order valence-electron chi connectivity index (χ1n) is 14.8. The molecule has 0 fully saturated rings. The summed E-state index contributed by atoms with van der Waals surface area (Å²) in [6.45, 7) is 11.4. The van der Waals surface area contributed by atoms with Gasteiger partial charge in [-0.3, -0.25) is 0 Å². The average molecular weight is 558 g/mol. The number of nitrogens with zero attached hydrogens (tertiary/aromatic N) is 3. The Hall–Kier alpha value is -4.31. The van der Waals surface area contributed by atoms with Crippen molar-refractivity contribution >= 4 is 34.6 Å². The van der Waals surface area contributed by atoms with Crippen LogP contribution < -0.4 is 9.88 Å². The van der Waals surface area contributed by atoms with E-state index in [9.17, 15) is 0 Å². The van der Waals surface area contributed by atoms with Gasteiger partial charge in [0, 0.05) is 54.1 Å². The van der Waals surface area contributed by atoms with Gasteiger partial charge in [-0.25, -0.2) is 0 Å². The highest BCUT2D eigenvalue weighted by atomic mass is 15.0. The van der Waals surface area contributed by atoms with Crippen LogP contribution in [-0.4, -0.2) is 41.7 Å². The predicted octanol–water partition coefficient (Wildman–Crippen LogP) is 7.00. The van der Waals surface area contributed by atoms with Crippen molar-refractivity contribution in [2.45, 2.75) is 45.4 Å². The molecule has 4 heteroatoms. The predicted molar refractivity (Wildman–Crippen MR) is 177 cm³/mol. The van der Waals surface area contributed by atoms with Crippen molar-refractivity contribution in [2.24, 2.45) is 7.05 Å². The second-order valence-corrected chi connectivity index (χ2v) is 12.5. The maximum absolute atomic E-state index is 3.40. The van der Waals surface area contributed by atoms with Crippen LogP contribution in [0.2, 0.25) is 0 Å². The van der Waals surface area contributed by atoms with Gasteiger partial charge in [0.2, 0.25) is 17.1 Å². The van der Waals surface area contributed by atoms with Gasteiger partial charge >= 0.3 is 0 Å². The average Bonchev–Trinajstić information content (AvgIpc) is 3.29. The lowest BCUT2D eigenvalue weighted by Gasteiger charge is -2.15. The third kappa shape index (κ3) is 5.11. The van der Waals surface area contributed by atoms with Crippen LogP contribution in [-0.2, 0) is 17.9 Å². The molecule has 214 valence electrons. The first kappa shape index (κ1) is 29.2. The number of aryl methyl sites for hydroxylation is 1. The van der Waals surface area contributed by atoms with E-state index >= 15 is 0 Å². The molecule has 0 amide bonds. The molecule has 1 N–H and O–H groups in total. The number of allylic oxidation sites excluding steroid dienone is 6. The zero-order valence-corrected chi connectivity index (χ0v) is 26.7. The molecule has 2 aliphatic rings. The van der Waals surface area contributed by atoms with Crippen molar-refractivity contribution in [3.05, 3.63) is 125 Å². The largest absolute Gasteiger partial charge is 0.383 e. The summed E-state index contributed by atoms with van der Waals surface area (Å²) >= 11 is 0. The van der Waals surface area contributed by atoms with Crippen molar-refractivity contribution in [3.8, 4) is 0 Å². The van der Waals surface area contributed by atoms with Crippen molar-refractivity contribution in [3.63, 3.8) is 0 Å². The Morgan fingerprint density at radius 1 is 0.690 bits per heavy atom. The molecule has 0 saturated carbocycles. The van der Waals surface area contributed by atoms with Gasteiger partial charge in [0.25, 0.3) is 0 Å². The molecular weight excluding hydrogens is 512 g/mol. The summed E-state index contributed by atoms with van der Waals surface area (Å²) in [6.07, 6.45) is 15.5. The van der Waals surface area contributed by atoms with Crippen LogP contribution in [0.15, 0.2) is 103 Å². The lowest BCUT2D eigenvalue weighted by atomic mass is 9.81. The summed E-state index contributed by atoms with van der Waals surface area (Å²) in [5, 5.41) is 3.40. The Morgan fingerprint density at radius 3 is 1.76 bits per heavy atom. The van der Waals surface area contributed by atoms with Crippen molar-refractivity contribution < 1.29 is 13.7 Å². The summed E-state index contributed by atoms with van der Waals surface area (Å²) in [5.41, 5.74) is 12.4. The van der Waals surface area contributed by atoms with E-state index in [4.69, 9.17) is 0 Å². The van der Waals surface area contributed by atoms with E-state index in [1.807, 2.05) is 7.05 Å². The molecule has 4 nitrogen and oxygen atoms in total. The maximum Gasteiger partial charge on any atom is 0.228 e. The molecule has 0 bridgehead atoms. The minimum Gasteiger partial charge on any atom is -0.383 e. The molecule has 0 atom stereocenters.